The Labute approximate surface area is 455 Å². The van der Waals surface area contributed by atoms with Gasteiger partial charge in [0.1, 0.15) is 5.82 Å². The number of hydrogen-bond donors (Lipinski definition) is 0. The molecule has 3 heterocycles. The number of fused-ring (bicyclic) bond motifs is 3. The van der Waals surface area contributed by atoms with Crippen molar-refractivity contribution in [2.45, 2.75) is 112 Å². The van der Waals surface area contributed by atoms with Crippen LogP contribution in [0, 0.1) is 24.2 Å². The Morgan fingerprint density at radius 2 is 1.07 bits per heavy atom. The molecule has 0 saturated heterocycles. The van der Waals surface area contributed by atoms with Crippen molar-refractivity contribution in [2.75, 3.05) is 9.80 Å². The van der Waals surface area contributed by atoms with Gasteiger partial charge in [-0.15, -0.1) is 53.6 Å². The Balaban J connectivity index is 0.00000672. The summed E-state index contributed by atoms with van der Waals surface area (Å²) in [5, 5.41) is 2.21. The maximum atomic E-state index is 7.01. The fraction of sp³-hybridized carbons (Fsp3) is 0.265. The number of hydrogen-bond acceptors (Lipinski definition) is 4. The van der Waals surface area contributed by atoms with E-state index in [0.29, 0.717) is 11.5 Å². The Morgan fingerprint density at radius 3 is 1.68 bits per heavy atom. The summed E-state index contributed by atoms with van der Waals surface area (Å²) < 4.78 is 9.27. The van der Waals surface area contributed by atoms with Crippen LogP contribution in [0.5, 0.6) is 11.5 Å². The first-order chi connectivity index (χ1) is 34.6. The van der Waals surface area contributed by atoms with Crippen LogP contribution in [0.2, 0.25) is 0 Å². The number of benzene rings is 7. The molecule has 0 unspecified atom stereocenters. The van der Waals surface area contributed by atoms with E-state index in [4.69, 9.17) is 9.72 Å². The molecule has 2 aromatic heterocycles. The van der Waals surface area contributed by atoms with Crippen LogP contribution in [0.4, 0.5) is 11.4 Å². The molecule has 0 radical (unpaired) electrons. The molecule has 5 nitrogen and oxygen atoms in total. The van der Waals surface area contributed by atoms with E-state index in [0.717, 1.165) is 50.3 Å². The van der Waals surface area contributed by atoms with E-state index < -0.39 is 0 Å². The fourth-order valence-corrected chi connectivity index (χ4v) is 10.1. The molecule has 74 heavy (non-hydrogen) atoms. The van der Waals surface area contributed by atoms with Crippen LogP contribution < -0.4 is 14.5 Å². The van der Waals surface area contributed by atoms with Crippen molar-refractivity contribution in [1.82, 2.24) is 9.55 Å². The minimum Gasteiger partial charge on any atom is -0.509 e. The van der Waals surface area contributed by atoms with E-state index in [1.54, 1.807) is 0 Å². The molecule has 0 fully saturated rings. The maximum Gasteiger partial charge on any atom is 0.135 e. The van der Waals surface area contributed by atoms with Gasteiger partial charge in [-0.1, -0.05) is 205 Å². The Bertz CT molecular complexity index is 3510. The van der Waals surface area contributed by atoms with Gasteiger partial charge >= 0.3 is 0 Å². The second kappa shape index (κ2) is 19.5. The molecule has 0 spiro atoms. The summed E-state index contributed by atoms with van der Waals surface area (Å²) >= 11 is 0. The van der Waals surface area contributed by atoms with Gasteiger partial charge in [0.05, 0.1) is 0 Å². The summed E-state index contributed by atoms with van der Waals surface area (Å²) in [6.45, 7) is 31.8. The van der Waals surface area contributed by atoms with Gasteiger partial charge in [0.2, 0.25) is 0 Å². The number of rotatable bonds is 10. The van der Waals surface area contributed by atoms with Crippen molar-refractivity contribution in [3.05, 3.63) is 234 Å². The first-order valence-electron chi connectivity index (χ1n) is 25.8. The second-order valence-electron chi connectivity index (χ2n) is 24.0. The second-order valence-corrected chi connectivity index (χ2v) is 24.0. The van der Waals surface area contributed by atoms with Gasteiger partial charge in [-0.05, 0) is 91.7 Å². The van der Waals surface area contributed by atoms with Crippen LogP contribution >= 0.6 is 0 Å². The molecule has 0 aliphatic carbocycles. The minimum absolute atomic E-state index is 0. The van der Waals surface area contributed by atoms with Gasteiger partial charge in [0.25, 0.3) is 0 Å². The predicted molar refractivity (Wildman–Crippen MR) is 306 cm³/mol. The van der Waals surface area contributed by atoms with E-state index in [9.17, 15) is 0 Å². The molecule has 0 bridgehead atoms. The number of ether oxygens (including phenoxy) is 1. The molecule has 7 aromatic carbocycles. The third-order valence-electron chi connectivity index (χ3n) is 15.0. The van der Waals surface area contributed by atoms with Crippen molar-refractivity contribution in [2.24, 2.45) is 5.41 Å². The number of anilines is 2. The zero-order chi connectivity index (χ0) is 51.7. The van der Waals surface area contributed by atoms with E-state index in [1.807, 2.05) is 6.20 Å². The van der Waals surface area contributed by atoms with Crippen molar-refractivity contribution >= 4 is 33.2 Å². The number of aromatic nitrogens is 2. The van der Waals surface area contributed by atoms with Crippen LogP contribution in [0.15, 0.2) is 182 Å². The fourth-order valence-electron chi connectivity index (χ4n) is 10.1. The SMILES string of the molecule is CC(C)(C)C1=CN(c2cc(-c3ccccc3)cc(C(C)(C)C)c2)[CH-]N1c1[c-]c(Oc2[c-]c3c(cc2)c2cc(C(C)(C)c4ccccc4)ccc2n3-c2cc(C(C)(C)c3ccccc3)ccn2)cc(C(C)(C)C)c1.[Pt]. The van der Waals surface area contributed by atoms with Crippen LogP contribution in [0.25, 0.3) is 38.8 Å². The summed E-state index contributed by atoms with van der Waals surface area (Å²) in [4.78, 5) is 9.66. The normalized spacial score (nSPS) is 13.6. The molecule has 1 aliphatic rings. The monoisotopic (exact) mass is 1150 g/mol. The van der Waals surface area contributed by atoms with Crippen LogP contribution in [-0.4, -0.2) is 9.55 Å². The molecule has 1 aliphatic heterocycles. The van der Waals surface area contributed by atoms with Crippen molar-refractivity contribution in [3.8, 4) is 28.4 Å². The zero-order valence-corrected chi connectivity index (χ0v) is 47.6. The van der Waals surface area contributed by atoms with Crippen molar-refractivity contribution in [1.29, 1.82) is 0 Å². The quantitative estimate of drug-likeness (QED) is 0.128. The first kappa shape index (κ1) is 52.2. The van der Waals surface area contributed by atoms with Crippen LogP contribution in [0.3, 0.4) is 0 Å². The van der Waals surface area contributed by atoms with E-state index in [-0.39, 0.29) is 48.1 Å². The van der Waals surface area contributed by atoms with Gasteiger partial charge in [-0.3, -0.25) is 0 Å². The average Bonchev–Trinajstić information content (AvgIpc) is 3.97. The molecule has 380 valence electrons. The summed E-state index contributed by atoms with van der Waals surface area (Å²) in [5.74, 6) is 2.05. The Morgan fingerprint density at radius 1 is 0.473 bits per heavy atom. The summed E-state index contributed by atoms with van der Waals surface area (Å²) in [5.41, 5.74) is 13.9. The third-order valence-corrected chi connectivity index (χ3v) is 15.0. The summed E-state index contributed by atoms with van der Waals surface area (Å²) in [7, 11) is 0. The van der Waals surface area contributed by atoms with Crippen LogP contribution in [0.1, 0.15) is 123 Å². The summed E-state index contributed by atoms with van der Waals surface area (Å²) in [6, 6.07) is 66.6. The molecule has 0 atom stereocenters. The van der Waals surface area contributed by atoms with Crippen LogP contribution in [-0.2, 0) is 42.7 Å². The van der Waals surface area contributed by atoms with E-state index in [2.05, 4.69) is 293 Å². The number of pyridine rings is 1. The largest absolute Gasteiger partial charge is 0.509 e. The van der Waals surface area contributed by atoms with Crippen molar-refractivity contribution in [3.63, 3.8) is 0 Å². The summed E-state index contributed by atoms with van der Waals surface area (Å²) in [6.07, 6.45) is 4.22. The molecule has 0 saturated carbocycles. The smallest absolute Gasteiger partial charge is 0.135 e. The Kier molecular flexibility index (Phi) is 13.8. The maximum absolute atomic E-state index is 7.01. The molecular formula is C68H69N4OPt-3. The van der Waals surface area contributed by atoms with Gasteiger partial charge < -0.3 is 19.1 Å². The number of nitrogens with zero attached hydrogens (tertiary/aromatic N) is 4. The molecule has 6 heteroatoms. The van der Waals surface area contributed by atoms with Crippen molar-refractivity contribution < 1.29 is 25.8 Å². The van der Waals surface area contributed by atoms with Gasteiger partial charge in [-0.25, -0.2) is 4.98 Å². The predicted octanol–water partition coefficient (Wildman–Crippen LogP) is 17.8. The van der Waals surface area contributed by atoms with E-state index in [1.165, 1.54) is 38.9 Å². The van der Waals surface area contributed by atoms with E-state index >= 15 is 0 Å². The minimum atomic E-state index is -0.262. The molecule has 0 N–H and O–H groups in total. The Hall–Kier alpha value is -6.68. The topological polar surface area (TPSA) is 33.5 Å². The zero-order valence-electron chi connectivity index (χ0n) is 45.3. The molecular weight excluding hydrogens is 1080 g/mol. The molecule has 10 rings (SSSR count). The molecule has 0 amide bonds. The number of allylic oxidation sites excluding steroid dienone is 1. The third kappa shape index (κ3) is 10.1. The standard InChI is InChI=1S/C68H69N4O.Pt/c1-64(2,3)52-35-47(46-23-17-14-18-24-46)36-54(37-52)70-44-62(66(7,8)9)71(45-70)55-38-53(65(4,5)6)39-57(42-55)73-56-30-31-58-59-40-50(67(10,11)48-25-19-15-20-26-48)29-32-60(59)72(61(58)43-56)63-41-51(33-34-69-63)68(12,13)49-27-21-16-22-28-49;/h14-41,44-45H,1-13H3;/q-3;. The molecule has 9 aromatic rings. The van der Waals surface area contributed by atoms with Gasteiger partial charge in [0.15, 0.2) is 0 Å². The van der Waals surface area contributed by atoms with Gasteiger partial charge in [-0.2, -0.15) is 6.07 Å². The first-order valence-corrected chi connectivity index (χ1v) is 25.8. The average molecular weight is 1150 g/mol. The van der Waals surface area contributed by atoms with Gasteiger partial charge in [0, 0.05) is 71.9 Å².